The van der Waals surface area contributed by atoms with E-state index in [2.05, 4.69) is 16.0 Å². The summed E-state index contributed by atoms with van der Waals surface area (Å²) in [4.78, 5) is 59.6. The second-order valence-corrected chi connectivity index (χ2v) is 7.95. The first-order valence-corrected chi connectivity index (χ1v) is 10.8. The summed E-state index contributed by atoms with van der Waals surface area (Å²) in [5, 5.41) is 34.8. The van der Waals surface area contributed by atoms with Crippen molar-refractivity contribution in [1.82, 2.24) is 16.0 Å². The lowest BCUT2D eigenvalue weighted by Crippen LogP contribution is -2.54. The molecule has 0 aromatic heterocycles. The number of hydrogen-bond donors (Lipinski definition) is 7. The van der Waals surface area contributed by atoms with Crippen molar-refractivity contribution in [2.45, 2.75) is 57.7 Å². The molecule has 1 aromatic carbocycles. The van der Waals surface area contributed by atoms with E-state index < -0.39 is 60.8 Å². The lowest BCUT2D eigenvalue weighted by Gasteiger charge is -2.22. The molecule has 34 heavy (non-hydrogen) atoms. The highest BCUT2D eigenvalue weighted by molar-refractivity contribution is 5.92. The van der Waals surface area contributed by atoms with Gasteiger partial charge in [0.15, 0.2) is 0 Å². The number of rotatable bonds is 14. The predicted molar refractivity (Wildman–Crippen MR) is 121 cm³/mol. The van der Waals surface area contributed by atoms with Crippen LogP contribution in [0.1, 0.15) is 38.7 Å². The van der Waals surface area contributed by atoms with Crippen LogP contribution in [-0.2, 0) is 30.4 Å². The SMILES string of the molecule is CCC(C)C(N)C(=O)NCC(=O)NC(CCC(=O)O)C(=O)NC(Cc1ccc(O)cc1)C(=O)O. The Hall–Kier alpha value is -3.67. The molecule has 0 spiro atoms. The Bertz CT molecular complexity index is 874. The van der Waals surface area contributed by atoms with Gasteiger partial charge in [-0.3, -0.25) is 19.2 Å². The number of carboxylic acid groups (broad SMARTS) is 2. The number of amides is 3. The summed E-state index contributed by atoms with van der Waals surface area (Å²) < 4.78 is 0. The van der Waals surface area contributed by atoms with Gasteiger partial charge in [-0.2, -0.15) is 0 Å². The molecule has 188 valence electrons. The van der Waals surface area contributed by atoms with E-state index in [4.69, 9.17) is 10.8 Å². The van der Waals surface area contributed by atoms with Crippen LogP contribution in [0, 0.1) is 5.92 Å². The number of carboxylic acids is 2. The number of carbonyl (C=O) groups is 5. The molecule has 0 aliphatic carbocycles. The van der Waals surface area contributed by atoms with Gasteiger partial charge in [-0.1, -0.05) is 32.4 Å². The highest BCUT2D eigenvalue weighted by Gasteiger charge is 2.28. The molecule has 4 unspecified atom stereocenters. The van der Waals surface area contributed by atoms with E-state index in [1.807, 2.05) is 6.92 Å². The molecule has 12 heteroatoms. The molecule has 0 aliphatic rings. The van der Waals surface area contributed by atoms with E-state index in [9.17, 15) is 34.2 Å². The minimum absolute atomic E-state index is 0.00620. The van der Waals surface area contributed by atoms with Gasteiger partial charge >= 0.3 is 11.9 Å². The molecular weight excluding hydrogens is 448 g/mol. The number of nitrogens with one attached hydrogen (secondary N) is 3. The van der Waals surface area contributed by atoms with E-state index in [0.717, 1.165) is 0 Å². The Labute approximate surface area is 196 Å². The molecule has 0 heterocycles. The Morgan fingerprint density at radius 1 is 0.971 bits per heavy atom. The van der Waals surface area contributed by atoms with Crippen molar-refractivity contribution in [3.8, 4) is 5.75 Å². The minimum atomic E-state index is -1.37. The molecule has 0 fully saturated rings. The first-order valence-electron chi connectivity index (χ1n) is 10.8. The molecule has 4 atom stereocenters. The van der Waals surface area contributed by atoms with Crippen LogP contribution in [-0.4, -0.2) is 69.7 Å². The van der Waals surface area contributed by atoms with Crippen LogP contribution in [0.5, 0.6) is 5.75 Å². The van der Waals surface area contributed by atoms with E-state index in [1.165, 1.54) is 24.3 Å². The number of benzene rings is 1. The second-order valence-electron chi connectivity index (χ2n) is 7.95. The first kappa shape index (κ1) is 28.4. The normalized spacial score (nSPS) is 14.2. The van der Waals surface area contributed by atoms with Gasteiger partial charge in [-0.05, 0) is 30.0 Å². The van der Waals surface area contributed by atoms with Crippen LogP contribution in [0.4, 0.5) is 0 Å². The molecule has 0 bridgehead atoms. The zero-order valence-corrected chi connectivity index (χ0v) is 19.1. The van der Waals surface area contributed by atoms with Crippen molar-refractivity contribution >= 4 is 29.7 Å². The van der Waals surface area contributed by atoms with Crippen LogP contribution >= 0.6 is 0 Å². The Morgan fingerprint density at radius 2 is 1.59 bits per heavy atom. The van der Waals surface area contributed by atoms with E-state index >= 15 is 0 Å². The maximum absolute atomic E-state index is 12.7. The summed E-state index contributed by atoms with van der Waals surface area (Å²) >= 11 is 0. The van der Waals surface area contributed by atoms with Crippen molar-refractivity contribution < 1.29 is 39.3 Å². The fourth-order valence-electron chi connectivity index (χ4n) is 2.92. The summed E-state index contributed by atoms with van der Waals surface area (Å²) in [6, 6.07) is 2.20. The van der Waals surface area contributed by atoms with Crippen LogP contribution in [0.2, 0.25) is 0 Å². The smallest absolute Gasteiger partial charge is 0.326 e. The third-order valence-electron chi connectivity index (χ3n) is 5.27. The fourth-order valence-corrected chi connectivity index (χ4v) is 2.92. The van der Waals surface area contributed by atoms with Crippen LogP contribution in [0.3, 0.4) is 0 Å². The number of aliphatic carboxylic acids is 2. The van der Waals surface area contributed by atoms with Gasteiger partial charge in [0, 0.05) is 12.8 Å². The molecule has 3 amide bonds. The number of carbonyl (C=O) groups excluding carboxylic acids is 3. The number of nitrogens with two attached hydrogens (primary N) is 1. The number of aromatic hydroxyl groups is 1. The highest BCUT2D eigenvalue weighted by atomic mass is 16.4. The third kappa shape index (κ3) is 9.86. The lowest BCUT2D eigenvalue weighted by molar-refractivity contribution is -0.143. The summed E-state index contributed by atoms with van der Waals surface area (Å²) in [7, 11) is 0. The Morgan fingerprint density at radius 3 is 2.12 bits per heavy atom. The van der Waals surface area contributed by atoms with Gasteiger partial charge in [0.1, 0.15) is 17.8 Å². The molecule has 1 aromatic rings. The number of phenolic OH excluding ortho intramolecular Hbond substituents is 1. The fraction of sp³-hybridized carbons (Fsp3) is 0.500. The van der Waals surface area contributed by atoms with Crippen LogP contribution < -0.4 is 21.7 Å². The maximum Gasteiger partial charge on any atom is 0.326 e. The highest BCUT2D eigenvalue weighted by Crippen LogP contribution is 2.12. The van der Waals surface area contributed by atoms with Gasteiger partial charge in [-0.15, -0.1) is 0 Å². The zero-order chi connectivity index (χ0) is 25.8. The molecule has 0 saturated carbocycles. The van der Waals surface area contributed by atoms with Gasteiger partial charge in [0.05, 0.1) is 12.6 Å². The van der Waals surface area contributed by atoms with Crippen molar-refractivity contribution in [3.63, 3.8) is 0 Å². The summed E-state index contributed by atoms with van der Waals surface area (Å²) in [6.45, 7) is 3.16. The van der Waals surface area contributed by atoms with Crippen molar-refractivity contribution in [3.05, 3.63) is 29.8 Å². The zero-order valence-electron chi connectivity index (χ0n) is 19.1. The third-order valence-corrected chi connectivity index (χ3v) is 5.27. The van der Waals surface area contributed by atoms with Gasteiger partial charge in [0.2, 0.25) is 17.7 Å². The number of phenols is 1. The first-order chi connectivity index (χ1) is 15.9. The lowest BCUT2D eigenvalue weighted by atomic mass is 9.99. The van der Waals surface area contributed by atoms with E-state index in [-0.39, 0.29) is 24.5 Å². The van der Waals surface area contributed by atoms with Crippen molar-refractivity contribution in [2.75, 3.05) is 6.54 Å². The molecule has 0 saturated heterocycles. The van der Waals surface area contributed by atoms with E-state index in [0.29, 0.717) is 12.0 Å². The van der Waals surface area contributed by atoms with Crippen LogP contribution in [0.15, 0.2) is 24.3 Å². The minimum Gasteiger partial charge on any atom is -0.508 e. The quantitative estimate of drug-likeness (QED) is 0.180. The maximum atomic E-state index is 12.7. The van der Waals surface area contributed by atoms with Gasteiger partial charge in [-0.25, -0.2) is 4.79 Å². The molecule has 0 radical (unpaired) electrons. The Kier molecular flexibility index (Phi) is 11.5. The number of hydrogen-bond acceptors (Lipinski definition) is 7. The van der Waals surface area contributed by atoms with Crippen molar-refractivity contribution in [1.29, 1.82) is 0 Å². The standard InChI is InChI=1S/C22H32N4O8/c1-3-12(2)19(23)21(32)24-11-17(28)25-15(8-9-18(29)30)20(31)26-16(22(33)34)10-13-4-6-14(27)7-5-13/h4-7,12,15-16,19,27H,3,8-11,23H2,1-2H3,(H,24,32)(H,25,28)(H,26,31)(H,29,30)(H,33,34). The predicted octanol–water partition coefficient (Wildman–Crippen LogP) is -0.657. The van der Waals surface area contributed by atoms with Crippen molar-refractivity contribution in [2.24, 2.45) is 11.7 Å². The molecule has 12 nitrogen and oxygen atoms in total. The summed E-state index contributed by atoms with van der Waals surface area (Å²) in [6.07, 6.45) is -0.199. The average Bonchev–Trinajstić information content (AvgIpc) is 2.79. The molecule has 0 aliphatic heterocycles. The topological polar surface area (TPSA) is 208 Å². The summed E-state index contributed by atoms with van der Waals surface area (Å²) in [5.41, 5.74) is 6.33. The van der Waals surface area contributed by atoms with E-state index in [1.54, 1.807) is 6.92 Å². The Balaban J connectivity index is 2.81. The second kappa shape index (κ2) is 13.8. The van der Waals surface area contributed by atoms with Crippen LogP contribution in [0.25, 0.3) is 0 Å². The molecule has 1 rings (SSSR count). The molecule has 8 N–H and O–H groups in total. The molecular formula is C22H32N4O8. The van der Waals surface area contributed by atoms with Gasteiger partial charge < -0.3 is 37.0 Å². The monoisotopic (exact) mass is 480 g/mol. The average molecular weight is 481 g/mol. The largest absolute Gasteiger partial charge is 0.508 e. The summed E-state index contributed by atoms with van der Waals surface area (Å²) in [5.74, 6) is -4.86. The van der Waals surface area contributed by atoms with Gasteiger partial charge in [0.25, 0.3) is 0 Å².